The van der Waals surface area contributed by atoms with E-state index in [4.69, 9.17) is 4.42 Å². The lowest BCUT2D eigenvalue weighted by molar-refractivity contribution is -0.131. The lowest BCUT2D eigenvalue weighted by atomic mass is 9.91. The van der Waals surface area contributed by atoms with E-state index < -0.39 is 23.1 Å². The van der Waals surface area contributed by atoms with Crippen LogP contribution in [0, 0.1) is 6.92 Å². The van der Waals surface area contributed by atoms with Crippen LogP contribution in [0.5, 0.6) is 0 Å². The predicted molar refractivity (Wildman–Crippen MR) is 114 cm³/mol. The highest BCUT2D eigenvalue weighted by molar-refractivity contribution is 6.07. The zero-order valence-electron chi connectivity index (χ0n) is 17.3. The molecule has 2 N–H and O–H groups in total. The van der Waals surface area contributed by atoms with Gasteiger partial charge in [0, 0.05) is 30.1 Å². The number of carbonyl (C=O) groups is 3. The predicted octanol–water partition coefficient (Wildman–Crippen LogP) is 3.03. The van der Waals surface area contributed by atoms with Gasteiger partial charge in [-0.3, -0.25) is 14.5 Å². The summed E-state index contributed by atoms with van der Waals surface area (Å²) in [7, 11) is 0. The molecule has 31 heavy (non-hydrogen) atoms. The number of hydrogen-bond donors (Lipinski definition) is 2. The molecule has 1 aliphatic rings. The summed E-state index contributed by atoms with van der Waals surface area (Å²) in [6.07, 6.45) is 0. The summed E-state index contributed by atoms with van der Waals surface area (Å²) in [6.45, 7) is 4.89. The van der Waals surface area contributed by atoms with Crippen LogP contribution in [0.4, 0.5) is 10.5 Å². The van der Waals surface area contributed by atoms with Crippen molar-refractivity contribution >= 4 is 34.5 Å². The smallest absolute Gasteiger partial charge is 0.336 e. The van der Waals surface area contributed by atoms with E-state index in [0.29, 0.717) is 22.2 Å². The summed E-state index contributed by atoms with van der Waals surface area (Å²) in [4.78, 5) is 50.4. The second kappa shape index (κ2) is 7.39. The van der Waals surface area contributed by atoms with E-state index in [-0.39, 0.29) is 18.0 Å². The largest absolute Gasteiger partial charge is 0.423 e. The van der Waals surface area contributed by atoms with Crippen molar-refractivity contribution in [3.63, 3.8) is 0 Å². The van der Waals surface area contributed by atoms with Crippen LogP contribution in [-0.4, -0.2) is 22.7 Å². The number of nitrogens with one attached hydrogen (secondary N) is 2. The molecule has 0 bridgehead atoms. The molecular weight excluding hydrogens is 398 g/mol. The van der Waals surface area contributed by atoms with Crippen molar-refractivity contribution in [2.75, 3.05) is 5.32 Å². The lowest BCUT2D eigenvalue weighted by Gasteiger charge is -2.22. The highest BCUT2D eigenvalue weighted by Gasteiger charge is 2.49. The van der Waals surface area contributed by atoms with Gasteiger partial charge in [-0.05, 0) is 37.1 Å². The normalized spacial score (nSPS) is 18.4. The van der Waals surface area contributed by atoms with E-state index in [1.165, 1.54) is 19.1 Å². The fraction of sp³-hybridized carbons (Fsp3) is 0.217. The molecule has 0 radical (unpaired) electrons. The number of imide groups is 1. The third-order valence-corrected chi connectivity index (χ3v) is 5.38. The maximum atomic E-state index is 13.2. The highest BCUT2D eigenvalue weighted by Crippen LogP contribution is 2.31. The monoisotopic (exact) mass is 419 g/mol. The van der Waals surface area contributed by atoms with Crippen LogP contribution in [0.25, 0.3) is 11.0 Å². The van der Waals surface area contributed by atoms with Gasteiger partial charge in [0.05, 0.1) is 6.54 Å². The van der Waals surface area contributed by atoms with Gasteiger partial charge in [0.15, 0.2) is 0 Å². The molecule has 0 spiro atoms. The summed E-state index contributed by atoms with van der Waals surface area (Å²) in [5.74, 6) is -0.662. The van der Waals surface area contributed by atoms with E-state index in [1.54, 1.807) is 19.1 Å². The quantitative estimate of drug-likeness (QED) is 0.499. The maximum Gasteiger partial charge on any atom is 0.336 e. The Morgan fingerprint density at radius 3 is 2.48 bits per heavy atom. The first-order chi connectivity index (χ1) is 14.7. The Morgan fingerprint density at radius 1 is 1.10 bits per heavy atom. The van der Waals surface area contributed by atoms with Crippen molar-refractivity contribution in [2.24, 2.45) is 0 Å². The zero-order valence-corrected chi connectivity index (χ0v) is 17.3. The molecule has 1 aliphatic heterocycles. The average Bonchev–Trinajstić information content (AvgIpc) is 2.91. The van der Waals surface area contributed by atoms with E-state index in [0.717, 1.165) is 10.5 Å². The number of hydrogen-bond acceptors (Lipinski definition) is 5. The van der Waals surface area contributed by atoms with Gasteiger partial charge < -0.3 is 15.1 Å². The van der Waals surface area contributed by atoms with Gasteiger partial charge >= 0.3 is 11.7 Å². The molecule has 8 heteroatoms. The van der Waals surface area contributed by atoms with Crippen molar-refractivity contribution < 1.29 is 18.8 Å². The molecule has 4 rings (SSSR count). The minimum absolute atomic E-state index is 0.0896. The van der Waals surface area contributed by atoms with Crippen LogP contribution < -0.4 is 16.3 Å². The molecule has 0 aliphatic carbocycles. The molecule has 3 aromatic rings. The van der Waals surface area contributed by atoms with Gasteiger partial charge in [-0.25, -0.2) is 9.59 Å². The van der Waals surface area contributed by atoms with E-state index in [9.17, 15) is 19.2 Å². The number of carbonyl (C=O) groups excluding carboxylic acids is 3. The Balaban J connectivity index is 1.69. The zero-order chi connectivity index (χ0) is 22.3. The summed E-state index contributed by atoms with van der Waals surface area (Å²) < 4.78 is 5.25. The van der Waals surface area contributed by atoms with Crippen molar-refractivity contribution in [3.05, 3.63) is 75.6 Å². The number of nitrogens with zero attached hydrogens (tertiary/aromatic N) is 1. The van der Waals surface area contributed by atoms with Crippen LogP contribution in [0.3, 0.4) is 0 Å². The molecule has 158 valence electrons. The van der Waals surface area contributed by atoms with Gasteiger partial charge in [0.2, 0.25) is 5.91 Å². The molecule has 2 heterocycles. The van der Waals surface area contributed by atoms with Crippen molar-refractivity contribution in [3.8, 4) is 0 Å². The lowest BCUT2D eigenvalue weighted by Crippen LogP contribution is -2.40. The van der Waals surface area contributed by atoms with Crippen LogP contribution in [0.1, 0.15) is 30.5 Å². The Bertz CT molecular complexity index is 1280. The number of urea groups is 1. The number of benzene rings is 2. The van der Waals surface area contributed by atoms with Crippen molar-refractivity contribution in [2.45, 2.75) is 32.9 Å². The molecular formula is C23H21N3O5. The number of anilines is 1. The highest BCUT2D eigenvalue weighted by atomic mass is 16.4. The molecule has 1 saturated heterocycles. The summed E-state index contributed by atoms with van der Waals surface area (Å²) in [5, 5.41) is 5.96. The fourth-order valence-corrected chi connectivity index (χ4v) is 3.74. The Labute approximate surface area is 177 Å². The molecule has 0 unspecified atom stereocenters. The Kier molecular flexibility index (Phi) is 4.85. The molecule has 1 fully saturated rings. The molecule has 0 saturated carbocycles. The summed E-state index contributed by atoms with van der Waals surface area (Å²) in [6, 6.07) is 13.0. The fourth-order valence-electron chi connectivity index (χ4n) is 3.74. The standard InChI is InChI=1S/C23H21N3O5/c1-13-4-6-16(7-5-13)23(3)21(29)26(22(30)25-23)12-15-10-20(28)31-19-11-17(24-14(2)27)8-9-18(15)19/h4-11H,12H2,1-3H3,(H,24,27)(H,25,30)/t23-/m1/s1. The van der Waals surface area contributed by atoms with E-state index in [2.05, 4.69) is 10.6 Å². The molecule has 8 nitrogen and oxygen atoms in total. The van der Waals surface area contributed by atoms with E-state index in [1.807, 2.05) is 31.2 Å². The minimum Gasteiger partial charge on any atom is -0.423 e. The number of amides is 4. The average molecular weight is 419 g/mol. The molecule has 1 atom stereocenters. The second-order valence-electron chi connectivity index (χ2n) is 7.80. The van der Waals surface area contributed by atoms with Gasteiger partial charge in [0.25, 0.3) is 5.91 Å². The topological polar surface area (TPSA) is 109 Å². The van der Waals surface area contributed by atoms with Crippen LogP contribution in [0.2, 0.25) is 0 Å². The number of rotatable bonds is 4. The Hall–Kier alpha value is -3.94. The first kappa shape index (κ1) is 20.3. The van der Waals surface area contributed by atoms with E-state index >= 15 is 0 Å². The minimum atomic E-state index is -1.20. The third kappa shape index (κ3) is 3.68. The third-order valence-electron chi connectivity index (χ3n) is 5.38. The SMILES string of the molecule is CC(=O)Nc1ccc2c(CN3C(=O)N[C@](C)(c4ccc(C)cc4)C3=O)cc(=O)oc2c1. The number of aryl methyl sites for hydroxylation is 1. The van der Waals surface area contributed by atoms with Crippen molar-refractivity contribution in [1.82, 2.24) is 10.2 Å². The van der Waals surface area contributed by atoms with Gasteiger partial charge in [-0.15, -0.1) is 0 Å². The number of fused-ring (bicyclic) bond motifs is 1. The van der Waals surface area contributed by atoms with Crippen LogP contribution in [0.15, 0.2) is 57.7 Å². The Morgan fingerprint density at radius 2 is 1.81 bits per heavy atom. The van der Waals surface area contributed by atoms with Gasteiger partial charge in [-0.1, -0.05) is 29.8 Å². The first-order valence-electron chi connectivity index (χ1n) is 9.73. The van der Waals surface area contributed by atoms with Gasteiger partial charge in [-0.2, -0.15) is 0 Å². The van der Waals surface area contributed by atoms with Gasteiger partial charge in [0.1, 0.15) is 11.1 Å². The molecule has 4 amide bonds. The summed E-state index contributed by atoms with van der Waals surface area (Å²) in [5.41, 5.74) is 1.11. The maximum absolute atomic E-state index is 13.2. The molecule has 1 aromatic heterocycles. The second-order valence-corrected chi connectivity index (χ2v) is 7.80. The van der Waals surface area contributed by atoms with Crippen LogP contribution in [-0.2, 0) is 21.7 Å². The summed E-state index contributed by atoms with van der Waals surface area (Å²) >= 11 is 0. The molecule has 2 aromatic carbocycles. The first-order valence-corrected chi connectivity index (χ1v) is 9.73. The van der Waals surface area contributed by atoms with Crippen molar-refractivity contribution in [1.29, 1.82) is 0 Å². The van der Waals surface area contributed by atoms with Crippen LogP contribution >= 0.6 is 0 Å².